The molecule has 0 unspecified atom stereocenters. The quantitative estimate of drug-likeness (QED) is 0.883. The van der Waals surface area contributed by atoms with Crippen LogP contribution in [0.25, 0.3) is 0 Å². The smallest absolute Gasteiger partial charge is 0.416 e. The number of halogens is 3. The van der Waals surface area contributed by atoms with Crippen molar-refractivity contribution in [3.05, 3.63) is 47.9 Å². The fourth-order valence-corrected chi connectivity index (χ4v) is 1.53. The summed E-state index contributed by atoms with van der Waals surface area (Å²) in [6.45, 7) is 0. The summed E-state index contributed by atoms with van der Waals surface area (Å²) in [4.78, 5) is 7.78. The molecule has 1 heterocycles. The Morgan fingerprint density at radius 1 is 1.10 bits per heavy atom. The van der Waals surface area contributed by atoms with Gasteiger partial charge in [-0.1, -0.05) is 12.2 Å². The summed E-state index contributed by atoms with van der Waals surface area (Å²) in [6.07, 6.45) is -1.65. The van der Waals surface area contributed by atoms with Crippen molar-refractivity contribution in [3.63, 3.8) is 0 Å². The van der Waals surface area contributed by atoms with Crippen molar-refractivity contribution in [3.8, 4) is 11.6 Å². The number of nitrogens with two attached hydrogens (primary N) is 1. The molecule has 0 atom stereocenters. The van der Waals surface area contributed by atoms with Crippen molar-refractivity contribution in [2.45, 2.75) is 6.18 Å². The Morgan fingerprint density at radius 3 is 2.25 bits per heavy atom. The number of aromatic nitrogens is 2. The van der Waals surface area contributed by atoms with Gasteiger partial charge in [0.2, 0.25) is 5.88 Å². The average molecular weight is 299 g/mol. The standard InChI is InChI=1S/C12H8F3N3OS/c13-12(14,15)7-1-3-8(4-2-7)19-11-9(10(16)20)17-5-6-18-11/h1-6H,(H2,16,20). The summed E-state index contributed by atoms with van der Waals surface area (Å²) in [5, 5.41) is 0. The monoisotopic (exact) mass is 299 g/mol. The Bertz CT molecular complexity index is 629. The van der Waals surface area contributed by atoms with Crippen LogP contribution in [0.2, 0.25) is 0 Å². The van der Waals surface area contributed by atoms with Gasteiger partial charge in [0.1, 0.15) is 10.7 Å². The molecule has 20 heavy (non-hydrogen) atoms. The maximum Gasteiger partial charge on any atom is 0.416 e. The lowest BCUT2D eigenvalue weighted by atomic mass is 10.2. The molecule has 0 saturated carbocycles. The van der Waals surface area contributed by atoms with Crippen LogP contribution in [0.1, 0.15) is 11.3 Å². The minimum Gasteiger partial charge on any atom is -0.437 e. The van der Waals surface area contributed by atoms with Gasteiger partial charge in [0, 0.05) is 12.4 Å². The van der Waals surface area contributed by atoms with E-state index < -0.39 is 11.7 Å². The number of benzene rings is 1. The zero-order valence-electron chi connectivity index (χ0n) is 9.89. The molecule has 0 amide bonds. The van der Waals surface area contributed by atoms with Crippen LogP contribution in [0.5, 0.6) is 11.6 Å². The molecule has 0 aliphatic rings. The highest BCUT2D eigenvalue weighted by Crippen LogP contribution is 2.31. The number of ether oxygens (including phenoxy) is 1. The molecular weight excluding hydrogens is 291 g/mol. The lowest BCUT2D eigenvalue weighted by Gasteiger charge is -2.09. The molecule has 0 spiro atoms. The van der Waals surface area contributed by atoms with Crippen molar-refractivity contribution in [2.24, 2.45) is 5.73 Å². The molecule has 0 saturated heterocycles. The minimum atomic E-state index is -4.39. The molecule has 0 bridgehead atoms. The van der Waals surface area contributed by atoms with Crippen molar-refractivity contribution < 1.29 is 17.9 Å². The van der Waals surface area contributed by atoms with Gasteiger partial charge >= 0.3 is 6.18 Å². The maximum absolute atomic E-state index is 12.4. The SMILES string of the molecule is NC(=S)c1nccnc1Oc1ccc(C(F)(F)F)cc1. The molecule has 104 valence electrons. The molecule has 2 N–H and O–H groups in total. The van der Waals surface area contributed by atoms with E-state index in [2.05, 4.69) is 9.97 Å². The first-order valence-electron chi connectivity index (χ1n) is 5.34. The Morgan fingerprint density at radius 2 is 1.70 bits per heavy atom. The third kappa shape index (κ3) is 3.21. The lowest BCUT2D eigenvalue weighted by Crippen LogP contribution is -2.13. The molecule has 2 rings (SSSR count). The first kappa shape index (κ1) is 14.2. The van der Waals surface area contributed by atoms with E-state index >= 15 is 0 Å². The third-order valence-corrected chi connectivity index (χ3v) is 2.49. The molecule has 4 nitrogen and oxygen atoms in total. The normalized spacial score (nSPS) is 11.2. The van der Waals surface area contributed by atoms with Crippen LogP contribution < -0.4 is 10.5 Å². The summed E-state index contributed by atoms with van der Waals surface area (Å²) < 4.78 is 42.6. The van der Waals surface area contributed by atoms with Crippen molar-refractivity contribution in [1.29, 1.82) is 0 Å². The van der Waals surface area contributed by atoms with Gasteiger partial charge in [0.05, 0.1) is 5.56 Å². The van der Waals surface area contributed by atoms with E-state index in [0.717, 1.165) is 12.1 Å². The average Bonchev–Trinajstić information content (AvgIpc) is 2.38. The molecule has 0 aliphatic heterocycles. The van der Waals surface area contributed by atoms with Gasteiger partial charge in [-0.05, 0) is 24.3 Å². The molecular formula is C12H8F3N3OS. The largest absolute Gasteiger partial charge is 0.437 e. The summed E-state index contributed by atoms with van der Waals surface area (Å²) in [6, 6.07) is 4.18. The van der Waals surface area contributed by atoms with Gasteiger partial charge in [-0.3, -0.25) is 0 Å². The van der Waals surface area contributed by atoms with E-state index in [-0.39, 0.29) is 22.3 Å². The minimum absolute atomic E-state index is 0.0139. The summed E-state index contributed by atoms with van der Waals surface area (Å²) in [5.74, 6) is 0.218. The second kappa shape index (κ2) is 5.41. The molecule has 0 fully saturated rings. The first-order chi connectivity index (χ1) is 9.38. The summed E-state index contributed by atoms with van der Waals surface area (Å²) in [7, 11) is 0. The van der Waals surface area contributed by atoms with Crippen LogP contribution in [0.4, 0.5) is 13.2 Å². The molecule has 0 radical (unpaired) electrons. The number of thiocarbonyl (C=S) groups is 1. The number of nitrogens with zero attached hydrogens (tertiary/aromatic N) is 2. The van der Waals surface area contributed by atoms with E-state index in [1.807, 2.05) is 0 Å². The van der Waals surface area contributed by atoms with Gasteiger partial charge in [-0.15, -0.1) is 0 Å². The van der Waals surface area contributed by atoms with E-state index in [1.165, 1.54) is 24.5 Å². The maximum atomic E-state index is 12.4. The zero-order valence-corrected chi connectivity index (χ0v) is 10.7. The first-order valence-corrected chi connectivity index (χ1v) is 5.74. The van der Waals surface area contributed by atoms with Crippen molar-refractivity contribution in [2.75, 3.05) is 0 Å². The highest BCUT2D eigenvalue weighted by molar-refractivity contribution is 7.80. The second-order valence-corrected chi connectivity index (χ2v) is 4.14. The summed E-state index contributed by atoms with van der Waals surface area (Å²) in [5.41, 5.74) is 4.85. The fraction of sp³-hybridized carbons (Fsp3) is 0.0833. The van der Waals surface area contributed by atoms with Crippen LogP contribution in [-0.2, 0) is 6.18 Å². The van der Waals surface area contributed by atoms with Crippen LogP contribution in [0.3, 0.4) is 0 Å². The van der Waals surface area contributed by atoms with Gasteiger partial charge in [-0.2, -0.15) is 13.2 Å². The van der Waals surface area contributed by atoms with Crippen LogP contribution in [-0.4, -0.2) is 15.0 Å². The molecule has 8 heteroatoms. The Balaban J connectivity index is 2.25. The van der Waals surface area contributed by atoms with E-state index in [0.29, 0.717) is 0 Å². The van der Waals surface area contributed by atoms with Crippen LogP contribution in [0, 0.1) is 0 Å². The number of rotatable bonds is 3. The number of hydrogen-bond donors (Lipinski definition) is 1. The van der Waals surface area contributed by atoms with E-state index in [4.69, 9.17) is 22.7 Å². The highest BCUT2D eigenvalue weighted by Gasteiger charge is 2.30. The van der Waals surface area contributed by atoms with E-state index in [9.17, 15) is 13.2 Å². The molecule has 1 aromatic heterocycles. The zero-order chi connectivity index (χ0) is 14.8. The van der Waals surface area contributed by atoms with Gasteiger partial charge in [0.15, 0.2) is 5.69 Å². The number of alkyl halides is 3. The van der Waals surface area contributed by atoms with Gasteiger partial charge in [-0.25, -0.2) is 9.97 Å². The fourth-order valence-electron chi connectivity index (χ4n) is 1.39. The van der Waals surface area contributed by atoms with Crippen molar-refractivity contribution in [1.82, 2.24) is 9.97 Å². The topological polar surface area (TPSA) is 61.0 Å². The lowest BCUT2D eigenvalue weighted by molar-refractivity contribution is -0.137. The highest BCUT2D eigenvalue weighted by atomic mass is 32.1. The van der Waals surface area contributed by atoms with Crippen LogP contribution in [0.15, 0.2) is 36.7 Å². The predicted molar refractivity (Wildman–Crippen MR) is 69.4 cm³/mol. The predicted octanol–water partition coefficient (Wildman–Crippen LogP) is 2.92. The van der Waals surface area contributed by atoms with Gasteiger partial charge in [0.25, 0.3) is 0 Å². The number of hydrogen-bond acceptors (Lipinski definition) is 4. The summed E-state index contributed by atoms with van der Waals surface area (Å²) >= 11 is 4.78. The van der Waals surface area contributed by atoms with Crippen molar-refractivity contribution >= 4 is 17.2 Å². The molecule has 2 aromatic rings. The van der Waals surface area contributed by atoms with Gasteiger partial charge < -0.3 is 10.5 Å². The Hall–Kier alpha value is -2.22. The second-order valence-electron chi connectivity index (χ2n) is 3.70. The molecule has 0 aliphatic carbocycles. The molecule has 1 aromatic carbocycles. The van der Waals surface area contributed by atoms with Crippen LogP contribution >= 0.6 is 12.2 Å². The Labute approximate surface area is 117 Å². The Kier molecular flexibility index (Phi) is 3.84. The van der Waals surface area contributed by atoms with E-state index in [1.54, 1.807) is 0 Å². The third-order valence-electron chi connectivity index (χ3n) is 2.29.